The van der Waals surface area contributed by atoms with E-state index in [9.17, 15) is 14.0 Å². The first kappa shape index (κ1) is 17.4. The fourth-order valence-corrected chi connectivity index (χ4v) is 3.43. The van der Waals surface area contributed by atoms with E-state index in [0.717, 1.165) is 9.85 Å². The predicted molar refractivity (Wildman–Crippen MR) is 95.9 cm³/mol. The molecule has 0 saturated carbocycles. The minimum absolute atomic E-state index is 0.00161. The van der Waals surface area contributed by atoms with Gasteiger partial charge in [0.1, 0.15) is 11.3 Å². The number of aromatic nitrogens is 2. The minimum atomic E-state index is -0.675. The van der Waals surface area contributed by atoms with Crippen LogP contribution in [0.2, 0.25) is 0 Å². The standard InChI is InChI=1S/C16H12BrFN4O2S/c1-7-8(2)20-14-10(5-9(18)6-11(14)19-7)15(23)21-22-16(24)12-3-4-13(17)25-12/h3-6H,1-2H3,(H,21,23)(H,22,24). The lowest BCUT2D eigenvalue weighted by molar-refractivity contribution is 0.0849. The number of nitrogens with one attached hydrogen (secondary N) is 2. The number of hydrazine groups is 1. The summed E-state index contributed by atoms with van der Waals surface area (Å²) in [5.41, 5.74) is 6.42. The maximum atomic E-state index is 13.8. The third-order valence-electron chi connectivity index (χ3n) is 3.48. The second-order valence-electron chi connectivity index (χ2n) is 5.23. The van der Waals surface area contributed by atoms with Crippen molar-refractivity contribution < 1.29 is 14.0 Å². The van der Waals surface area contributed by atoms with Crippen molar-refractivity contribution in [1.82, 2.24) is 20.8 Å². The molecule has 0 saturated heterocycles. The Bertz CT molecular complexity index is 1010. The van der Waals surface area contributed by atoms with Crippen molar-refractivity contribution >= 4 is 50.1 Å². The number of amides is 2. The largest absolute Gasteiger partial charge is 0.279 e. The van der Waals surface area contributed by atoms with Gasteiger partial charge in [0.25, 0.3) is 11.8 Å². The zero-order valence-electron chi connectivity index (χ0n) is 13.2. The molecule has 3 rings (SSSR count). The summed E-state index contributed by atoms with van der Waals surface area (Å²) >= 11 is 4.48. The number of benzene rings is 1. The second kappa shape index (κ2) is 6.85. The zero-order valence-corrected chi connectivity index (χ0v) is 15.6. The third-order valence-corrected chi connectivity index (χ3v) is 5.10. The Morgan fingerprint density at radius 3 is 2.44 bits per heavy atom. The molecular weight excluding hydrogens is 411 g/mol. The molecule has 2 heterocycles. The number of hydrogen-bond acceptors (Lipinski definition) is 5. The molecule has 2 amide bonds. The molecule has 6 nitrogen and oxygen atoms in total. The number of aryl methyl sites for hydroxylation is 2. The van der Waals surface area contributed by atoms with Crippen LogP contribution < -0.4 is 10.9 Å². The first-order valence-corrected chi connectivity index (χ1v) is 8.76. The molecule has 128 valence electrons. The summed E-state index contributed by atoms with van der Waals surface area (Å²) in [5.74, 6) is -1.75. The number of fused-ring (bicyclic) bond motifs is 1. The van der Waals surface area contributed by atoms with E-state index in [4.69, 9.17) is 0 Å². The maximum Gasteiger partial charge on any atom is 0.279 e. The molecule has 0 aliphatic heterocycles. The van der Waals surface area contributed by atoms with Crippen LogP contribution in [0, 0.1) is 19.7 Å². The van der Waals surface area contributed by atoms with Crippen molar-refractivity contribution in [1.29, 1.82) is 0 Å². The van der Waals surface area contributed by atoms with Gasteiger partial charge in [0, 0.05) is 6.07 Å². The number of rotatable bonds is 2. The Kier molecular flexibility index (Phi) is 4.78. The predicted octanol–water partition coefficient (Wildman–Crippen LogP) is 3.28. The second-order valence-corrected chi connectivity index (χ2v) is 7.69. The summed E-state index contributed by atoms with van der Waals surface area (Å²) in [6.45, 7) is 3.51. The van der Waals surface area contributed by atoms with E-state index in [-0.39, 0.29) is 16.6 Å². The summed E-state index contributed by atoms with van der Waals surface area (Å²) in [7, 11) is 0. The highest BCUT2D eigenvalue weighted by atomic mass is 79.9. The lowest BCUT2D eigenvalue weighted by Gasteiger charge is -2.10. The summed E-state index contributed by atoms with van der Waals surface area (Å²) in [6, 6.07) is 5.62. The van der Waals surface area contributed by atoms with Crippen LogP contribution in [-0.2, 0) is 0 Å². The quantitative estimate of drug-likeness (QED) is 0.620. The number of halogens is 2. The number of carbonyl (C=O) groups excluding carboxylic acids is 2. The zero-order chi connectivity index (χ0) is 18.1. The smallest absolute Gasteiger partial charge is 0.267 e. The lowest BCUT2D eigenvalue weighted by atomic mass is 10.1. The highest BCUT2D eigenvalue weighted by Crippen LogP contribution is 2.22. The van der Waals surface area contributed by atoms with E-state index >= 15 is 0 Å². The van der Waals surface area contributed by atoms with Crippen LogP contribution in [-0.4, -0.2) is 21.8 Å². The molecule has 0 aliphatic rings. The molecular formula is C16H12BrFN4O2S. The Hall–Kier alpha value is -2.39. The maximum absolute atomic E-state index is 13.8. The Morgan fingerprint density at radius 1 is 1.08 bits per heavy atom. The summed E-state index contributed by atoms with van der Waals surface area (Å²) in [5, 5.41) is 0. The summed E-state index contributed by atoms with van der Waals surface area (Å²) < 4.78 is 14.6. The Morgan fingerprint density at radius 2 is 1.76 bits per heavy atom. The van der Waals surface area contributed by atoms with Crippen LogP contribution in [0.4, 0.5) is 4.39 Å². The van der Waals surface area contributed by atoms with Gasteiger partial charge in [-0.3, -0.25) is 20.4 Å². The first-order chi connectivity index (χ1) is 11.8. The van der Waals surface area contributed by atoms with E-state index in [1.807, 2.05) is 0 Å². The van der Waals surface area contributed by atoms with Crippen molar-refractivity contribution in [3.63, 3.8) is 0 Å². The van der Waals surface area contributed by atoms with Gasteiger partial charge in [0.05, 0.1) is 31.1 Å². The van der Waals surface area contributed by atoms with Crippen molar-refractivity contribution in [2.24, 2.45) is 0 Å². The molecule has 0 aliphatic carbocycles. The molecule has 0 atom stereocenters. The van der Waals surface area contributed by atoms with Gasteiger partial charge >= 0.3 is 0 Å². The third kappa shape index (κ3) is 3.67. The van der Waals surface area contributed by atoms with Gasteiger partial charge in [0.2, 0.25) is 0 Å². The molecule has 0 bridgehead atoms. The summed E-state index contributed by atoms with van der Waals surface area (Å²) in [6.07, 6.45) is 0. The molecule has 0 fully saturated rings. The Labute approximate surface area is 154 Å². The van der Waals surface area contributed by atoms with Crippen LogP contribution in [0.15, 0.2) is 28.1 Å². The van der Waals surface area contributed by atoms with Gasteiger partial charge in [-0.1, -0.05) is 0 Å². The average molecular weight is 423 g/mol. The van der Waals surface area contributed by atoms with Crippen molar-refractivity contribution in [2.75, 3.05) is 0 Å². The SMILES string of the molecule is Cc1nc2cc(F)cc(C(=O)NNC(=O)c3ccc(Br)s3)c2nc1C. The van der Waals surface area contributed by atoms with Gasteiger partial charge in [-0.25, -0.2) is 14.4 Å². The monoisotopic (exact) mass is 422 g/mol. The van der Waals surface area contributed by atoms with Crippen LogP contribution in [0.3, 0.4) is 0 Å². The van der Waals surface area contributed by atoms with Crippen molar-refractivity contribution in [3.8, 4) is 0 Å². The normalized spacial score (nSPS) is 10.7. The van der Waals surface area contributed by atoms with Gasteiger partial charge in [-0.15, -0.1) is 11.3 Å². The van der Waals surface area contributed by atoms with Crippen molar-refractivity contribution in [2.45, 2.75) is 13.8 Å². The molecule has 2 N–H and O–H groups in total. The van der Waals surface area contributed by atoms with E-state index in [0.29, 0.717) is 16.3 Å². The van der Waals surface area contributed by atoms with Gasteiger partial charge in [0.15, 0.2) is 0 Å². The minimum Gasteiger partial charge on any atom is -0.267 e. The molecule has 1 aromatic carbocycles. The molecule has 2 aromatic heterocycles. The van der Waals surface area contributed by atoms with Crippen LogP contribution in [0.25, 0.3) is 11.0 Å². The molecule has 0 unspecified atom stereocenters. The topological polar surface area (TPSA) is 84.0 Å². The van der Waals surface area contributed by atoms with Crippen LogP contribution >= 0.6 is 27.3 Å². The highest BCUT2D eigenvalue weighted by molar-refractivity contribution is 9.11. The van der Waals surface area contributed by atoms with Crippen LogP contribution in [0.5, 0.6) is 0 Å². The van der Waals surface area contributed by atoms with E-state index in [1.54, 1.807) is 26.0 Å². The van der Waals surface area contributed by atoms with Gasteiger partial charge < -0.3 is 0 Å². The van der Waals surface area contributed by atoms with Gasteiger partial charge in [-0.2, -0.15) is 0 Å². The fraction of sp³-hybridized carbons (Fsp3) is 0.125. The van der Waals surface area contributed by atoms with E-state index in [1.165, 1.54) is 17.4 Å². The molecule has 3 aromatic rings. The number of hydrogen-bond donors (Lipinski definition) is 2. The van der Waals surface area contributed by atoms with E-state index < -0.39 is 17.6 Å². The van der Waals surface area contributed by atoms with E-state index in [2.05, 4.69) is 36.7 Å². The van der Waals surface area contributed by atoms with Gasteiger partial charge in [-0.05, 0) is 48.0 Å². The molecule has 0 spiro atoms. The van der Waals surface area contributed by atoms with Crippen molar-refractivity contribution in [3.05, 3.63) is 55.7 Å². The molecule has 9 heteroatoms. The highest BCUT2D eigenvalue weighted by Gasteiger charge is 2.17. The number of carbonyl (C=O) groups is 2. The lowest BCUT2D eigenvalue weighted by Crippen LogP contribution is -2.41. The Balaban J connectivity index is 1.86. The molecule has 0 radical (unpaired) electrons. The molecule has 25 heavy (non-hydrogen) atoms. The fourth-order valence-electron chi connectivity index (χ4n) is 2.15. The number of nitrogens with zero attached hydrogens (tertiary/aromatic N) is 2. The number of thiophene rings is 1. The summed E-state index contributed by atoms with van der Waals surface area (Å²) in [4.78, 5) is 33.4. The van der Waals surface area contributed by atoms with Crippen LogP contribution in [0.1, 0.15) is 31.4 Å². The first-order valence-electron chi connectivity index (χ1n) is 7.15. The average Bonchev–Trinajstić information content (AvgIpc) is 2.99.